The van der Waals surface area contributed by atoms with Gasteiger partial charge in [-0.25, -0.2) is 4.98 Å². The number of carbonyl (C=O) groups is 18. The zero-order valence-electron chi connectivity index (χ0n) is 79.7. The average molecular weight is 1970 g/mol. The van der Waals surface area contributed by atoms with Crippen LogP contribution in [0.2, 0.25) is 0 Å². The predicted molar refractivity (Wildman–Crippen MR) is 513 cm³/mol. The Kier molecular flexibility index (Phi) is 41.0. The molecular weight excluding hydrogens is 1840 g/mol. The number of benzene rings is 3. The summed E-state index contributed by atoms with van der Waals surface area (Å²) < 4.78 is 0. The Hall–Kier alpha value is -14.3. The Morgan fingerprint density at radius 2 is 1.09 bits per heavy atom. The minimum Gasteiger partial charge on any atom is -0.508 e. The van der Waals surface area contributed by atoms with Crippen molar-refractivity contribution in [2.24, 2.45) is 23.1 Å². The molecule has 0 spiro atoms. The fourth-order valence-electron chi connectivity index (χ4n) is 17.0. The number of aliphatic hydroxyl groups is 2. The van der Waals surface area contributed by atoms with Gasteiger partial charge in [0, 0.05) is 125 Å². The van der Waals surface area contributed by atoms with Crippen molar-refractivity contribution >= 4 is 146 Å². The third-order valence-corrected chi connectivity index (χ3v) is 25.8. The zero-order chi connectivity index (χ0) is 102. The summed E-state index contributed by atoms with van der Waals surface area (Å²) in [6, 6.07) is -2.68. The summed E-state index contributed by atoms with van der Waals surface area (Å²) in [5, 5.41) is 73.4. The van der Waals surface area contributed by atoms with Gasteiger partial charge in [0.05, 0.1) is 44.3 Å². The van der Waals surface area contributed by atoms with Gasteiger partial charge in [0.1, 0.15) is 90.3 Å². The number of nitrogens with one attached hydrogen (secondary N) is 16. The summed E-state index contributed by atoms with van der Waals surface area (Å²) in [5.41, 5.74) is 19.5. The van der Waals surface area contributed by atoms with E-state index in [0.29, 0.717) is 69.9 Å². The number of carbonyl (C=O) groups excluding carboxylic acids is 18. The fraction of sp³-hybridized carbons (Fsp3) is 0.527. The van der Waals surface area contributed by atoms with Crippen molar-refractivity contribution in [2.45, 2.75) is 234 Å². The number of aromatic nitrogens is 4. The number of thioether (sulfide) groups is 1. The second kappa shape index (κ2) is 52.5. The molecule has 3 saturated heterocycles. The first-order chi connectivity index (χ1) is 66.7. The number of fused-ring (bicyclic) bond motifs is 4. The van der Waals surface area contributed by atoms with Gasteiger partial charge in [-0.3, -0.25) is 91.7 Å². The van der Waals surface area contributed by atoms with E-state index < -0.39 is 254 Å². The Bertz CT molecular complexity index is 5400. The highest BCUT2D eigenvalue weighted by atomic mass is 32.2. The van der Waals surface area contributed by atoms with E-state index in [4.69, 9.17) is 22.6 Å². The highest BCUT2D eigenvalue weighted by Gasteiger charge is 2.47. The van der Waals surface area contributed by atoms with Gasteiger partial charge in [-0.05, 0) is 98.7 Å². The number of phenolic OH excluding ortho intramolecular Hbond substituents is 1. The molecule has 15 atom stereocenters. The smallest absolute Gasteiger partial charge is 0.246 e. The van der Waals surface area contributed by atoms with Crippen molar-refractivity contribution in [1.29, 1.82) is 5.41 Å². The van der Waals surface area contributed by atoms with Crippen LogP contribution in [0.4, 0.5) is 0 Å². The van der Waals surface area contributed by atoms with Crippen LogP contribution in [0.25, 0.3) is 21.8 Å². The number of likely N-dealkylation sites (N-methyl/N-ethyl adjacent to an activating group) is 3. The summed E-state index contributed by atoms with van der Waals surface area (Å²) >= 11 is 0.729. The maximum absolute atomic E-state index is 15.8. The van der Waals surface area contributed by atoms with Crippen LogP contribution in [0, 0.1) is 11.3 Å². The van der Waals surface area contributed by atoms with E-state index in [0.717, 1.165) is 36.3 Å². The Morgan fingerprint density at radius 3 is 1.69 bits per heavy atom. The number of amides is 18. The van der Waals surface area contributed by atoms with Gasteiger partial charge in [0.15, 0.2) is 5.96 Å². The molecule has 18 amide bonds. The topological polar surface area (TPSA) is 691 Å². The summed E-state index contributed by atoms with van der Waals surface area (Å²) in [4.78, 5) is 283. The number of nitrogens with zero attached hydrogens (tertiary/aromatic N) is 6. The maximum atomic E-state index is 15.8. The number of primary amides is 2. The monoisotopic (exact) mass is 1970 g/mol. The van der Waals surface area contributed by atoms with Gasteiger partial charge in [-0.1, -0.05) is 102 Å². The minimum absolute atomic E-state index is 0.00321. The van der Waals surface area contributed by atoms with Crippen molar-refractivity contribution in [2.75, 3.05) is 72.0 Å². The predicted octanol–water partition coefficient (Wildman–Crippen LogP) is -3.81. The van der Waals surface area contributed by atoms with Crippen LogP contribution >= 0.6 is 11.8 Å². The van der Waals surface area contributed by atoms with Gasteiger partial charge < -0.3 is 136 Å². The molecule has 0 bridgehead atoms. The average Bonchev–Trinajstić information content (AvgIpc) is 1.67. The standard InChI is InChI=1S/C93H131N25O21S/c1-9-11-24-71-85(132)106-62(23-17-31-99-93(96)97)81(128)113-70(80(127)103-44-77(124)102-43-76(95)123)47-140-48-78(125)105-66(34-52-27-29-56(120)30-28-52)88(135)114(6)51(5)79(126)109-68(39-75(94)122)90(137)117-32-18-26-72(117)86(133)108-64(37-55-42-98-49-104-55)83(130)110-65(33-50(3)4)91(138)118-45-57(121)38-74(118)87(134)107-63(35-53-40-100-60-21-15-13-19-58(53)60)82(129)112-69(46-119)84(131)111-67(36-54-41-101-61-22-16-14-20-59(54)61)89(136)116(8)73(25-12-10-2)92(139)115(71)7/h13-16,19-22,27-30,40-42,49-51,57,62-74,100-101,119-121H,9-12,17-18,23-26,31-39,43-48H2,1-8H3,(H2,94,122)(H2,95,123)(H,98,104)(H,102,124)(H,103,127)(H,105,125)(H,106,132)(H,107,134)(H,108,133)(H,109,126)(H,110,130)(H,111,131)(H,112,129)(H,113,128)(H4,96,97,99)/t51-,57+,62-,63-,64-,65-,66-,67-,68-,69-,70-,71-,72-,73-,74-/m0/s1. The van der Waals surface area contributed by atoms with Gasteiger partial charge >= 0.3 is 0 Å². The maximum Gasteiger partial charge on any atom is 0.246 e. The lowest BCUT2D eigenvalue weighted by molar-refractivity contribution is -0.149. The van der Waals surface area contributed by atoms with E-state index in [1.807, 2.05) is 13.8 Å². The third-order valence-electron chi connectivity index (χ3n) is 24.8. The lowest BCUT2D eigenvalue weighted by Crippen LogP contribution is -2.62. The van der Waals surface area contributed by atoms with Gasteiger partial charge in [-0.15, -0.1) is 11.8 Å². The molecule has 25 N–H and O–H groups in total. The number of rotatable bonds is 28. The van der Waals surface area contributed by atoms with Gasteiger partial charge in [0.2, 0.25) is 106 Å². The van der Waals surface area contributed by atoms with Crippen LogP contribution < -0.4 is 81.0 Å². The molecule has 3 aromatic heterocycles. The summed E-state index contributed by atoms with van der Waals surface area (Å²) in [5.74, 6) is -19.3. The first-order valence-electron chi connectivity index (χ1n) is 46.7. The van der Waals surface area contributed by atoms with E-state index >= 15 is 43.2 Å². The van der Waals surface area contributed by atoms with Crippen molar-refractivity contribution in [1.82, 2.24) is 108 Å². The van der Waals surface area contributed by atoms with E-state index in [1.54, 1.807) is 74.8 Å². The summed E-state index contributed by atoms with van der Waals surface area (Å²) in [7, 11) is 3.87. The number of guanidine groups is 1. The number of hydrogen-bond acceptors (Lipinski definition) is 24. The third kappa shape index (κ3) is 30.9. The first-order valence-corrected chi connectivity index (χ1v) is 47.9. The molecule has 9 rings (SSSR count). The number of nitrogens with two attached hydrogens (primary N) is 3. The van der Waals surface area contributed by atoms with Crippen LogP contribution in [-0.4, -0.2) is 335 Å². The number of aromatic amines is 3. The number of H-pyrrole nitrogens is 3. The van der Waals surface area contributed by atoms with E-state index in [2.05, 4.69) is 83.7 Å². The summed E-state index contributed by atoms with van der Waals surface area (Å²) in [6.07, 6.45) is 3.33. The lowest BCUT2D eigenvalue weighted by Gasteiger charge is -2.36. The molecular formula is C93H131N25O21S. The van der Waals surface area contributed by atoms with Crippen LogP contribution in [0.3, 0.4) is 0 Å². The number of para-hydroxylation sites is 2. The van der Waals surface area contributed by atoms with Crippen molar-refractivity contribution in [3.63, 3.8) is 0 Å². The van der Waals surface area contributed by atoms with Crippen LogP contribution in [0.15, 0.2) is 97.7 Å². The Morgan fingerprint density at radius 1 is 0.543 bits per heavy atom. The highest BCUT2D eigenvalue weighted by molar-refractivity contribution is 8.00. The summed E-state index contributed by atoms with van der Waals surface area (Å²) in [6.45, 7) is 5.22. The van der Waals surface area contributed by atoms with Crippen LogP contribution in [0.1, 0.15) is 140 Å². The van der Waals surface area contributed by atoms with Crippen molar-refractivity contribution in [3.05, 3.63) is 120 Å². The molecule has 0 radical (unpaired) electrons. The molecule has 760 valence electrons. The second-order valence-corrected chi connectivity index (χ2v) is 36.8. The number of aromatic hydroxyl groups is 1. The zero-order valence-corrected chi connectivity index (χ0v) is 80.5. The number of aliphatic hydroxyl groups excluding tert-OH is 2. The molecule has 6 aromatic rings. The molecule has 47 heteroatoms. The minimum atomic E-state index is -1.91. The molecule has 0 aliphatic carbocycles. The Labute approximate surface area is 812 Å². The quantitative estimate of drug-likeness (QED) is 0.0127. The highest BCUT2D eigenvalue weighted by Crippen LogP contribution is 2.28. The van der Waals surface area contributed by atoms with E-state index in [-0.39, 0.29) is 95.4 Å². The largest absolute Gasteiger partial charge is 0.508 e. The normalized spacial score (nSPS) is 24.2. The molecule has 3 aliphatic rings. The lowest BCUT2D eigenvalue weighted by atomic mass is 10.00. The molecule has 0 unspecified atom stereocenters. The molecule has 140 heavy (non-hydrogen) atoms. The molecule has 3 aliphatic heterocycles. The molecule has 46 nitrogen and oxygen atoms in total. The van der Waals surface area contributed by atoms with Crippen molar-refractivity contribution < 1.29 is 102 Å². The second-order valence-electron chi connectivity index (χ2n) is 35.8. The molecule has 6 heterocycles. The number of unbranched alkanes of at least 4 members (excludes halogenated alkanes) is 2. The number of imidazole rings is 1. The van der Waals surface area contributed by atoms with Crippen LogP contribution in [0.5, 0.6) is 5.75 Å². The van der Waals surface area contributed by atoms with E-state index in [9.17, 15) is 58.5 Å². The van der Waals surface area contributed by atoms with Gasteiger partial charge in [0.25, 0.3) is 0 Å². The molecule has 0 saturated carbocycles. The Balaban J connectivity index is 1.11. The fourth-order valence-corrected chi connectivity index (χ4v) is 17.9. The van der Waals surface area contributed by atoms with Crippen molar-refractivity contribution in [3.8, 4) is 5.75 Å². The van der Waals surface area contributed by atoms with Crippen LogP contribution in [-0.2, 0) is 112 Å². The van der Waals surface area contributed by atoms with Gasteiger partial charge in [-0.2, -0.15) is 0 Å². The SMILES string of the molecule is CCCC[C@H]1C(=O)N(C)[C@@H](CCCC)C(=O)N[C@@H](CCCNC(=N)N)C(=O)N[C@H](C(=O)NCC(=O)NCC(N)=O)CSCC(=O)N[C@@H](Cc2ccc(O)cc2)C(=O)N(C)[C@@H](C)C(=O)N[C@@H](CC(N)=O)C(=O)N2CCC[C@H]2C(=O)N[C@@H](Cc2cnc[nH]2)C(=O)N[C@@H](CC(C)C)C(=O)N2C[C@H](O)C[C@H]2C(=O)N[C@@H](Cc2c[nH]c3ccccc23)C(=O)N[C@@H](CO)C(=O)N[C@@H](Cc2c[nH]c3ccccc23)C(=O)N1C. The molecule has 3 fully saturated rings. The number of phenols is 1. The first kappa shape index (κ1) is 109. The van der Waals surface area contributed by atoms with E-state index in [1.165, 1.54) is 64.9 Å². The molecule has 3 aromatic carbocycles. The number of hydrogen-bond donors (Lipinski definition) is 22.